The van der Waals surface area contributed by atoms with Gasteiger partial charge < -0.3 is 10.2 Å². The summed E-state index contributed by atoms with van der Waals surface area (Å²) in [6, 6.07) is 7.96. The van der Waals surface area contributed by atoms with Gasteiger partial charge in [0, 0.05) is 30.1 Å². The second-order valence-electron chi connectivity index (χ2n) is 8.07. The maximum atomic E-state index is 12.4. The predicted octanol–water partition coefficient (Wildman–Crippen LogP) is 3.58. The number of hydrogen-bond donors (Lipinski definition) is 1. The lowest BCUT2D eigenvalue weighted by atomic mass is 9.93. The third-order valence-electron chi connectivity index (χ3n) is 4.60. The van der Waals surface area contributed by atoms with Gasteiger partial charge in [0.05, 0.1) is 0 Å². The third kappa shape index (κ3) is 4.59. The van der Waals surface area contributed by atoms with Crippen molar-refractivity contribution in [1.82, 2.24) is 10.2 Å². The fourth-order valence-electron chi connectivity index (χ4n) is 2.99. The van der Waals surface area contributed by atoms with Crippen molar-refractivity contribution >= 4 is 11.8 Å². The van der Waals surface area contributed by atoms with E-state index in [9.17, 15) is 9.59 Å². The Labute approximate surface area is 145 Å². The van der Waals surface area contributed by atoms with Crippen LogP contribution in [0.3, 0.4) is 0 Å². The van der Waals surface area contributed by atoms with Crippen LogP contribution in [0.4, 0.5) is 0 Å². The minimum Gasteiger partial charge on any atom is -0.349 e. The van der Waals surface area contributed by atoms with E-state index in [1.807, 2.05) is 49.9 Å². The predicted molar refractivity (Wildman–Crippen MR) is 97.1 cm³/mol. The van der Waals surface area contributed by atoms with Gasteiger partial charge in [0.2, 0.25) is 5.91 Å². The second-order valence-corrected chi connectivity index (χ2v) is 8.07. The van der Waals surface area contributed by atoms with Crippen LogP contribution < -0.4 is 5.32 Å². The van der Waals surface area contributed by atoms with E-state index in [1.54, 1.807) is 0 Å². The molecule has 132 valence electrons. The number of rotatable bonds is 3. The van der Waals surface area contributed by atoms with E-state index in [0.29, 0.717) is 24.6 Å². The van der Waals surface area contributed by atoms with E-state index >= 15 is 0 Å². The summed E-state index contributed by atoms with van der Waals surface area (Å²) >= 11 is 0. The van der Waals surface area contributed by atoms with Crippen molar-refractivity contribution in [2.24, 2.45) is 5.41 Å². The molecule has 0 atom stereocenters. The smallest absolute Gasteiger partial charge is 0.251 e. The first-order valence-corrected chi connectivity index (χ1v) is 8.88. The molecule has 1 aromatic rings. The summed E-state index contributed by atoms with van der Waals surface area (Å²) in [5, 5.41) is 3.11. The summed E-state index contributed by atoms with van der Waals surface area (Å²) in [6.07, 6.45) is 1.63. The highest BCUT2D eigenvalue weighted by Crippen LogP contribution is 2.21. The summed E-state index contributed by atoms with van der Waals surface area (Å²) in [6.45, 7) is 11.6. The Balaban J connectivity index is 1.87. The lowest BCUT2D eigenvalue weighted by molar-refractivity contribution is -0.140. The molecule has 2 amide bonds. The number of hydrogen-bond acceptors (Lipinski definition) is 2. The van der Waals surface area contributed by atoms with Gasteiger partial charge in [0.25, 0.3) is 5.91 Å². The Bertz CT molecular complexity index is 577. The van der Waals surface area contributed by atoms with Gasteiger partial charge in [-0.25, -0.2) is 0 Å². The Morgan fingerprint density at radius 2 is 1.62 bits per heavy atom. The molecule has 0 aliphatic carbocycles. The molecular formula is C20H30N2O2. The molecule has 0 radical (unpaired) electrons. The first-order valence-electron chi connectivity index (χ1n) is 8.88. The van der Waals surface area contributed by atoms with Gasteiger partial charge in [-0.15, -0.1) is 0 Å². The zero-order valence-electron chi connectivity index (χ0n) is 15.6. The molecule has 4 nitrogen and oxygen atoms in total. The number of nitrogens with one attached hydrogen (secondary N) is 1. The van der Waals surface area contributed by atoms with Crippen LogP contribution >= 0.6 is 0 Å². The molecule has 1 fully saturated rings. The van der Waals surface area contributed by atoms with Crippen LogP contribution in [0.2, 0.25) is 0 Å². The highest BCUT2D eigenvalue weighted by Gasteiger charge is 2.30. The third-order valence-corrected chi connectivity index (χ3v) is 4.60. The number of likely N-dealkylation sites (tertiary alicyclic amines) is 1. The molecule has 0 spiro atoms. The van der Waals surface area contributed by atoms with Crippen molar-refractivity contribution < 1.29 is 9.59 Å². The average molecular weight is 330 g/mol. The Morgan fingerprint density at radius 1 is 1.08 bits per heavy atom. The van der Waals surface area contributed by atoms with Crippen molar-refractivity contribution in [1.29, 1.82) is 0 Å². The molecule has 1 heterocycles. The largest absolute Gasteiger partial charge is 0.349 e. The molecule has 1 aliphatic rings. The lowest BCUT2D eigenvalue weighted by Gasteiger charge is -2.36. The Kier molecular flexibility index (Phi) is 5.68. The van der Waals surface area contributed by atoms with E-state index in [-0.39, 0.29) is 23.3 Å². The quantitative estimate of drug-likeness (QED) is 0.921. The van der Waals surface area contributed by atoms with Gasteiger partial charge in [-0.05, 0) is 36.5 Å². The van der Waals surface area contributed by atoms with Crippen LogP contribution in [-0.2, 0) is 4.79 Å². The van der Waals surface area contributed by atoms with Gasteiger partial charge in [0.1, 0.15) is 0 Å². The number of carbonyl (C=O) groups is 2. The van der Waals surface area contributed by atoms with E-state index in [4.69, 9.17) is 0 Å². The van der Waals surface area contributed by atoms with Gasteiger partial charge in [-0.1, -0.05) is 46.8 Å². The maximum Gasteiger partial charge on any atom is 0.251 e. The topological polar surface area (TPSA) is 49.4 Å². The molecular weight excluding hydrogens is 300 g/mol. The molecule has 24 heavy (non-hydrogen) atoms. The van der Waals surface area contributed by atoms with E-state index < -0.39 is 0 Å². The van der Waals surface area contributed by atoms with Crippen LogP contribution in [-0.4, -0.2) is 35.8 Å². The van der Waals surface area contributed by atoms with Crippen LogP contribution in [0.25, 0.3) is 0 Å². The minimum absolute atomic E-state index is 0.0223. The summed E-state index contributed by atoms with van der Waals surface area (Å²) in [4.78, 5) is 26.6. The monoisotopic (exact) mass is 330 g/mol. The highest BCUT2D eigenvalue weighted by atomic mass is 16.2. The fraction of sp³-hybridized carbons (Fsp3) is 0.600. The zero-order chi connectivity index (χ0) is 17.9. The number of amides is 2. The molecule has 1 aromatic carbocycles. The summed E-state index contributed by atoms with van der Waals surface area (Å²) < 4.78 is 0. The van der Waals surface area contributed by atoms with Crippen LogP contribution in [0, 0.1) is 5.41 Å². The Hall–Kier alpha value is -1.84. The lowest BCUT2D eigenvalue weighted by Crippen LogP contribution is -2.49. The van der Waals surface area contributed by atoms with Crippen molar-refractivity contribution in [3.63, 3.8) is 0 Å². The fourth-order valence-corrected chi connectivity index (χ4v) is 2.99. The summed E-state index contributed by atoms with van der Waals surface area (Å²) in [5.74, 6) is 0.634. The zero-order valence-corrected chi connectivity index (χ0v) is 15.6. The molecule has 2 rings (SSSR count). The SMILES string of the molecule is CC(C)c1ccc(C(=O)NC2CCN(C(=O)C(C)(C)C)CC2)cc1. The molecule has 0 bridgehead atoms. The minimum atomic E-state index is -0.339. The molecule has 0 unspecified atom stereocenters. The van der Waals surface area contributed by atoms with Crippen molar-refractivity contribution in [2.75, 3.05) is 13.1 Å². The molecule has 4 heteroatoms. The first kappa shape index (κ1) is 18.5. The number of benzene rings is 1. The number of nitrogens with zero attached hydrogens (tertiary/aromatic N) is 1. The Morgan fingerprint density at radius 3 is 2.08 bits per heavy atom. The molecule has 1 saturated heterocycles. The van der Waals surface area contributed by atoms with Crippen LogP contribution in [0.5, 0.6) is 0 Å². The molecule has 0 saturated carbocycles. The van der Waals surface area contributed by atoms with Gasteiger partial charge in [0.15, 0.2) is 0 Å². The summed E-state index contributed by atoms with van der Waals surface area (Å²) in [5.41, 5.74) is 1.60. The normalized spacial score (nSPS) is 16.3. The average Bonchev–Trinajstić information content (AvgIpc) is 2.54. The van der Waals surface area contributed by atoms with Gasteiger partial charge >= 0.3 is 0 Å². The van der Waals surface area contributed by atoms with E-state index in [1.165, 1.54) is 5.56 Å². The van der Waals surface area contributed by atoms with Gasteiger partial charge in [-0.3, -0.25) is 9.59 Å². The second kappa shape index (κ2) is 7.37. The summed E-state index contributed by atoms with van der Waals surface area (Å²) in [7, 11) is 0. The number of piperidine rings is 1. The van der Waals surface area contributed by atoms with Crippen molar-refractivity contribution in [2.45, 2.75) is 59.4 Å². The highest BCUT2D eigenvalue weighted by molar-refractivity contribution is 5.94. The molecule has 1 aliphatic heterocycles. The van der Waals surface area contributed by atoms with Crippen molar-refractivity contribution in [3.05, 3.63) is 35.4 Å². The standard InChI is InChI=1S/C20H30N2O2/c1-14(2)15-6-8-16(9-7-15)18(23)21-17-10-12-22(13-11-17)19(24)20(3,4)5/h6-9,14,17H,10-13H2,1-5H3,(H,21,23). The maximum absolute atomic E-state index is 12.4. The number of carbonyl (C=O) groups excluding carboxylic acids is 2. The van der Waals surface area contributed by atoms with E-state index in [0.717, 1.165) is 12.8 Å². The molecule has 0 aromatic heterocycles. The first-order chi connectivity index (χ1) is 11.2. The van der Waals surface area contributed by atoms with Crippen LogP contribution in [0.1, 0.15) is 69.3 Å². The van der Waals surface area contributed by atoms with Crippen molar-refractivity contribution in [3.8, 4) is 0 Å². The van der Waals surface area contributed by atoms with Crippen LogP contribution in [0.15, 0.2) is 24.3 Å². The van der Waals surface area contributed by atoms with Gasteiger partial charge in [-0.2, -0.15) is 0 Å². The molecule has 1 N–H and O–H groups in total. The van der Waals surface area contributed by atoms with E-state index in [2.05, 4.69) is 19.2 Å².